The lowest BCUT2D eigenvalue weighted by Gasteiger charge is -2.04. The number of H-pyrrole nitrogens is 1. The van der Waals surface area contributed by atoms with Crippen LogP contribution < -0.4 is 11.2 Å². The molecule has 0 aliphatic carbocycles. The van der Waals surface area contributed by atoms with Crippen LogP contribution in [0.5, 0.6) is 0 Å². The second-order valence-electron chi connectivity index (χ2n) is 4.06. The summed E-state index contributed by atoms with van der Waals surface area (Å²) < 4.78 is 0.703. The zero-order chi connectivity index (χ0) is 14.7. The van der Waals surface area contributed by atoms with E-state index in [9.17, 15) is 14.4 Å². The van der Waals surface area contributed by atoms with Gasteiger partial charge in [-0.3, -0.25) is 14.6 Å². The molecule has 0 unspecified atom stereocenters. The number of carboxylic acids is 1. The summed E-state index contributed by atoms with van der Waals surface area (Å²) in [5.41, 5.74) is -0.648. The number of nitrogens with one attached hydrogen (secondary N) is 1. The first-order valence-corrected chi connectivity index (χ1v) is 6.00. The van der Waals surface area contributed by atoms with Crippen LogP contribution in [-0.2, 0) is 17.8 Å². The van der Waals surface area contributed by atoms with E-state index in [4.69, 9.17) is 16.7 Å². The molecule has 0 aliphatic heterocycles. The Morgan fingerprint density at radius 2 is 1.95 bits per heavy atom. The van der Waals surface area contributed by atoms with E-state index in [0.717, 1.165) is 5.56 Å². The Morgan fingerprint density at radius 3 is 2.55 bits per heavy atom. The van der Waals surface area contributed by atoms with Crippen LogP contribution in [0.2, 0.25) is 5.02 Å². The third-order valence-electron chi connectivity index (χ3n) is 2.53. The number of carboxylic acid groups (broad SMARTS) is 1. The van der Waals surface area contributed by atoms with E-state index in [-0.39, 0.29) is 12.1 Å². The minimum absolute atomic E-state index is 0.0631. The maximum Gasteiger partial charge on any atom is 0.345 e. The number of aliphatic carboxylic acids is 1. The van der Waals surface area contributed by atoms with Crippen LogP contribution in [0, 0.1) is 0 Å². The van der Waals surface area contributed by atoms with Gasteiger partial charge in [-0.25, -0.2) is 9.48 Å². The number of hydrogen-bond acceptors (Lipinski definition) is 4. The largest absolute Gasteiger partial charge is 0.480 e. The summed E-state index contributed by atoms with van der Waals surface area (Å²) in [6.07, 6.45) is 0.173. The first-order valence-electron chi connectivity index (χ1n) is 5.62. The summed E-state index contributed by atoms with van der Waals surface area (Å²) in [6, 6.07) is 6.77. The highest BCUT2D eigenvalue weighted by atomic mass is 35.5. The number of rotatable bonds is 4. The van der Waals surface area contributed by atoms with E-state index < -0.39 is 23.8 Å². The van der Waals surface area contributed by atoms with Gasteiger partial charge in [0, 0.05) is 11.4 Å². The van der Waals surface area contributed by atoms with E-state index in [1.807, 2.05) is 4.98 Å². The Balaban J connectivity index is 2.36. The molecule has 0 bridgehead atoms. The molecule has 2 aromatic rings. The fourth-order valence-electron chi connectivity index (χ4n) is 1.62. The van der Waals surface area contributed by atoms with Gasteiger partial charge in [-0.05, 0) is 17.7 Å². The van der Waals surface area contributed by atoms with Gasteiger partial charge in [0.15, 0.2) is 0 Å². The Kier molecular flexibility index (Phi) is 3.99. The highest BCUT2D eigenvalue weighted by molar-refractivity contribution is 6.30. The summed E-state index contributed by atoms with van der Waals surface area (Å²) in [5.74, 6) is -1.22. The molecule has 1 aromatic heterocycles. The average molecular weight is 296 g/mol. The quantitative estimate of drug-likeness (QED) is 0.842. The molecule has 0 atom stereocenters. The zero-order valence-corrected chi connectivity index (χ0v) is 10.9. The fraction of sp³-hybridized carbons (Fsp3) is 0.167. The summed E-state index contributed by atoms with van der Waals surface area (Å²) in [6.45, 7) is -0.608. The van der Waals surface area contributed by atoms with Gasteiger partial charge in [0.2, 0.25) is 0 Å². The maximum absolute atomic E-state index is 11.6. The van der Waals surface area contributed by atoms with Gasteiger partial charge in [0.25, 0.3) is 5.56 Å². The molecule has 0 radical (unpaired) electrons. The third-order valence-corrected chi connectivity index (χ3v) is 2.78. The Bertz CT molecular complexity index is 749. The van der Waals surface area contributed by atoms with Crippen molar-refractivity contribution in [1.29, 1.82) is 0 Å². The van der Waals surface area contributed by atoms with Gasteiger partial charge in [-0.1, -0.05) is 23.7 Å². The summed E-state index contributed by atoms with van der Waals surface area (Å²) in [5, 5.41) is 13.0. The normalized spacial score (nSPS) is 10.4. The van der Waals surface area contributed by atoms with Crippen LogP contribution in [0.4, 0.5) is 0 Å². The van der Waals surface area contributed by atoms with E-state index in [1.165, 1.54) is 0 Å². The molecular weight excluding hydrogens is 286 g/mol. The molecule has 7 nitrogen and oxygen atoms in total. The van der Waals surface area contributed by atoms with Gasteiger partial charge in [-0.15, -0.1) is 0 Å². The summed E-state index contributed by atoms with van der Waals surface area (Å²) in [4.78, 5) is 35.7. The second-order valence-corrected chi connectivity index (χ2v) is 4.50. The van der Waals surface area contributed by atoms with Crippen LogP contribution in [0.1, 0.15) is 11.3 Å². The standard InChI is InChI=1S/C12H10ClN3O4/c13-8-3-1-7(2-4-8)5-9-11(19)14-12(20)16(15-9)6-10(17)18/h1-4H,5-6H2,(H,17,18)(H,14,19,20). The highest BCUT2D eigenvalue weighted by Crippen LogP contribution is 2.10. The fourth-order valence-corrected chi connectivity index (χ4v) is 1.74. The minimum Gasteiger partial charge on any atom is -0.480 e. The van der Waals surface area contributed by atoms with Crippen molar-refractivity contribution in [2.45, 2.75) is 13.0 Å². The predicted molar refractivity (Wildman–Crippen MR) is 71.0 cm³/mol. The number of benzene rings is 1. The monoisotopic (exact) mass is 295 g/mol. The van der Waals surface area contributed by atoms with Gasteiger partial charge in [-0.2, -0.15) is 5.10 Å². The molecule has 0 fully saturated rings. The number of nitrogens with zero attached hydrogens (tertiary/aromatic N) is 2. The van der Waals surface area contributed by atoms with Gasteiger partial charge >= 0.3 is 11.7 Å². The topological polar surface area (TPSA) is 105 Å². The SMILES string of the molecule is O=C(O)Cn1nc(Cc2ccc(Cl)cc2)c(=O)[nH]c1=O. The van der Waals surface area contributed by atoms with E-state index in [2.05, 4.69) is 5.10 Å². The first-order chi connectivity index (χ1) is 9.45. The van der Waals surface area contributed by atoms with Crippen LogP contribution in [-0.4, -0.2) is 25.8 Å². The smallest absolute Gasteiger partial charge is 0.345 e. The number of hydrogen-bond donors (Lipinski definition) is 2. The Labute approximate surface area is 117 Å². The van der Waals surface area contributed by atoms with Crippen molar-refractivity contribution in [2.24, 2.45) is 0 Å². The summed E-state index contributed by atoms with van der Waals surface area (Å²) >= 11 is 5.75. The highest BCUT2D eigenvalue weighted by Gasteiger charge is 2.10. The van der Waals surface area contributed by atoms with Crippen LogP contribution in [0.25, 0.3) is 0 Å². The van der Waals surface area contributed by atoms with Crippen LogP contribution >= 0.6 is 11.6 Å². The van der Waals surface area contributed by atoms with E-state index in [1.54, 1.807) is 24.3 Å². The average Bonchev–Trinajstić information content (AvgIpc) is 2.37. The van der Waals surface area contributed by atoms with Crippen molar-refractivity contribution in [1.82, 2.24) is 14.8 Å². The van der Waals surface area contributed by atoms with Crippen molar-refractivity contribution in [2.75, 3.05) is 0 Å². The van der Waals surface area contributed by atoms with Crippen molar-refractivity contribution in [3.05, 3.63) is 61.4 Å². The lowest BCUT2D eigenvalue weighted by Crippen LogP contribution is -2.36. The number of carbonyl (C=O) groups is 1. The van der Waals surface area contributed by atoms with Crippen molar-refractivity contribution >= 4 is 17.6 Å². The summed E-state index contributed by atoms with van der Waals surface area (Å²) in [7, 11) is 0. The maximum atomic E-state index is 11.6. The molecule has 8 heteroatoms. The lowest BCUT2D eigenvalue weighted by molar-refractivity contribution is -0.138. The van der Waals surface area contributed by atoms with Crippen LogP contribution in [0.3, 0.4) is 0 Å². The molecule has 2 rings (SSSR count). The zero-order valence-electron chi connectivity index (χ0n) is 10.2. The number of aromatic amines is 1. The molecule has 0 saturated carbocycles. The molecule has 0 aliphatic rings. The Morgan fingerprint density at radius 1 is 1.30 bits per heavy atom. The third kappa shape index (κ3) is 3.33. The molecule has 104 valence electrons. The molecule has 1 heterocycles. The van der Waals surface area contributed by atoms with Gasteiger partial charge in [0.05, 0.1) is 0 Å². The van der Waals surface area contributed by atoms with Gasteiger partial charge in [0.1, 0.15) is 12.2 Å². The molecular formula is C12H10ClN3O4. The van der Waals surface area contributed by atoms with Crippen LogP contribution in [0.15, 0.2) is 33.9 Å². The number of halogens is 1. The molecule has 0 spiro atoms. The molecule has 0 amide bonds. The lowest BCUT2D eigenvalue weighted by atomic mass is 10.1. The number of aromatic nitrogens is 3. The first kappa shape index (κ1) is 14.0. The molecule has 1 aromatic carbocycles. The Hall–Kier alpha value is -2.41. The predicted octanol–water partition coefficient (Wildman–Crippen LogP) is 0.260. The van der Waals surface area contributed by atoms with Crippen molar-refractivity contribution in [3.8, 4) is 0 Å². The molecule has 0 saturated heterocycles. The molecule has 20 heavy (non-hydrogen) atoms. The van der Waals surface area contributed by atoms with E-state index in [0.29, 0.717) is 9.70 Å². The van der Waals surface area contributed by atoms with Gasteiger partial charge < -0.3 is 5.11 Å². The van der Waals surface area contributed by atoms with E-state index >= 15 is 0 Å². The minimum atomic E-state index is -1.22. The second kappa shape index (κ2) is 5.70. The van der Waals surface area contributed by atoms with Crippen molar-refractivity contribution in [3.63, 3.8) is 0 Å². The molecule has 2 N–H and O–H groups in total. The van der Waals surface area contributed by atoms with Crippen molar-refractivity contribution < 1.29 is 9.90 Å².